The number of H-pyrrole nitrogens is 1. The third-order valence-electron chi connectivity index (χ3n) is 6.46. The summed E-state index contributed by atoms with van der Waals surface area (Å²) in [6.07, 6.45) is 6.01. The minimum Gasteiger partial charge on any atom is -0.424 e. The minimum absolute atomic E-state index is 0.136. The van der Waals surface area contributed by atoms with E-state index in [4.69, 9.17) is 14.6 Å². The summed E-state index contributed by atoms with van der Waals surface area (Å²) in [6.45, 7) is 3.77. The van der Waals surface area contributed by atoms with Gasteiger partial charge in [0.2, 0.25) is 15.6 Å². The predicted octanol–water partition coefficient (Wildman–Crippen LogP) is 3.32. The van der Waals surface area contributed by atoms with Gasteiger partial charge in [0.1, 0.15) is 0 Å². The maximum atomic E-state index is 11.8. The van der Waals surface area contributed by atoms with E-state index in [9.17, 15) is 23.1 Å². The Bertz CT molecular complexity index is 1420. The summed E-state index contributed by atoms with van der Waals surface area (Å²) in [7, 11) is -3.68. The van der Waals surface area contributed by atoms with Crippen molar-refractivity contribution in [1.82, 2.24) is 10.3 Å². The number of sulfonamides is 1. The molecule has 3 rings (SSSR count). The van der Waals surface area contributed by atoms with Crippen LogP contribution in [0.4, 0.5) is 0 Å². The SMILES string of the molecule is CC(=O)Oc1ccc([C@@H](O)CNCCCCCCCOCCCc2cccc(S(N)(=O)=O)c2)c2ccc(=O)[nH]c12. The first-order valence-corrected chi connectivity index (χ1v) is 15.1. The molecule has 218 valence electrons. The van der Waals surface area contributed by atoms with Crippen LogP contribution in [0.5, 0.6) is 5.75 Å². The van der Waals surface area contributed by atoms with E-state index in [1.165, 1.54) is 19.1 Å². The van der Waals surface area contributed by atoms with Gasteiger partial charge in [0.15, 0.2) is 5.75 Å². The molecule has 0 saturated carbocycles. The maximum Gasteiger partial charge on any atom is 0.308 e. The van der Waals surface area contributed by atoms with E-state index in [0.717, 1.165) is 57.1 Å². The van der Waals surface area contributed by atoms with Crippen LogP contribution in [0, 0.1) is 0 Å². The molecule has 0 aliphatic carbocycles. The van der Waals surface area contributed by atoms with Crippen LogP contribution in [-0.2, 0) is 26.0 Å². The number of aliphatic hydroxyl groups excluding tert-OH is 1. The molecule has 1 atom stereocenters. The molecule has 0 aliphatic heterocycles. The van der Waals surface area contributed by atoms with Crippen molar-refractivity contribution in [1.29, 1.82) is 0 Å². The molecule has 0 amide bonds. The van der Waals surface area contributed by atoms with E-state index in [-0.39, 0.29) is 16.2 Å². The number of aryl methyl sites for hydroxylation is 1. The number of esters is 1. The van der Waals surface area contributed by atoms with E-state index >= 15 is 0 Å². The molecule has 2 aromatic carbocycles. The predicted molar refractivity (Wildman–Crippen MR) is 154 cm³/mol. The normalized spacial score (nSPS) is 12.5. The molecule has 0 aliphatic rings. The van der Waals surface area contributed by atoms with Crippen molar-refractivity contribution in [2.75, 3.05) is 26.3 Å². The third-order valence-corrected chi connectivity index (χ3v) is 7.38. The number of carbonyl (C=O) groups excluding carboxylic acids is 1. The smallest absolute Gasteiger partial charge is 0.308 e. The number of ether oxygens (including phenoxy) is 2. The van der Waals surface area contributed by atoms with Crippen molar-refractivity contribution in [3.8, 4) is 5.75 Å². The summed E-state index contributed by atoms with van der Waals surface area (Å²) in [5, 5.41) is 19.8. The number of nitrogens with one attached hydrogen (secondary N) is 2. The van der Waals surface area contributed by atoms with Gasteiger partial charge >= 0.3 is 5.97 Å². The molecule has 1 aromatic heterocycles. The van der Waals surface area contributed by atoms with Gasteiger partial charge in [-0.15, -0.1) is 0 Å². The molecule has 40 heavy (non-hydrogen) atoms. The maximum absolute atomic E-state index is 11.8. The van der Waals surface area contributed by atoms with Crippen molar-refractivity contribution in [2.24, 2.45) is 5.14 Å². The second-order valence-electron chi connectivity index (χ2n) is 9.75. The van der Waals surface area contributed by atoms with Crippen LogP contribution in [0.1, 0.15) is 62.7 Å². The summed E-state index contributed by atoms with van der Waals surface area (Å²) in [5.41, 5.74) is 1.64. The van der Waals surface area contributed by atoms with Gasteiger partial charge in [-0.05, 0) is 67.6 Å². The fourth-order valence-electron chi connectivity index (χ4n) is 4.47. The first-order valence-electron chi connectivity index (χ1n) is 13.6. The monoisotopic (exact) mass is 573 g/mol. The number of pyridine rings is 1. The quantitative estimate of drug-likeness (QED) is 0.109. The van der Waals surface area contributed by atoms with Gasteiger partial charge in [0.25, 0.3) is 0 Å². The highest BCUT2D eigenvalue weighted by Gasteiger charge is 2.15. The van der Waals surface area contributed by atoms with Gasteiger partial charge in [0, 0.05) is 38.1 Å². The van der Waals surface area contributed by atoms with Gasteiger partial charge in [-0.25, -0.2) is 13.6 Å². The summed E-state index contributed by atoms with van der Waals surface area (Å²) in [4.78, 5) is 26.0. The Morgan fingerprint density at radius 3 is 2.55 bits per heavy atom. The number of aromatic amines is 1. The van der Waals surface area contributed by atoms with Crippen LogP contribution in [-0.4, -0.2) is 50.8 Å². The van der Waals surface area contributed by atoms with Crippen molar-refractivity contribution in [3.05, 3.63) is 70.0 Å². The molecule has 0 radical (unpaired) electrons. The summed E-state index contributed by atoms with van der Waals surface area (Å²) >= 11 is 0. The van der Waals surface area contributed by atoms with Crippen molar-refractivity contribution in [3.63, 3.8) is 0 Å². The molecular formula is C29H39N3O7S. The Morgan fingerprint density at radius 1 is 1.02 bits per heavy atom. The number of aromatic nitrogens is 1. The van der Waals surface area contributed by atoms with Crippen LogP contribution in [0.3, 0.4) is 0 Å². The Labute approximate surface area is 234 Å². The molecule has 3 aromatic rings. The highest BCUT2D eigenvalue weighted by molar-refractivity contribution is 7.89. The van der Waals surface area contributed by atoms with E-state index < -0.39 is 22.1 Å². The number of aliphatic hydroxyl groups is 1. The van der Waals surface area contributed by atoms with Crippen molar-refractivity contribution >= 4 is 26.9 Å². The molecule has 0 spiro atoms. The molecule has 11 heteroatoms. The van der Waals surface area contributed by atoms with Crippen LogP contribution < -0.4 is 20.8 Å². The highest BCUT2D eigenvalue weighted by atomic mass is 32.2. The number of rotatable bonds is 17. The van der Waals surface area contributed by atoms with Gasteiger partial charge in [-0.3, -0.25) is 9.59 Å². The standard InChI is InChI=1S/C29H39N3O7S/c1-21(33)39-27-14-12-24(25-13-15-28(35)32-29(25)27)26(34)20-31-16-5-3-2-4-6-17-38-18-8-10-22-9-7-11-23(19-22)40(30,36)37/h7,9,11-15,19,26,31,34H,2-6,8,10,16-18,20H2,1H3,(H,32,35)(H2,30,36,37)/t26-/m0/s1. The Hall–Kier alpha value is -3.09. The first-order chi connectivity index (χ1) is 19.1. The number of unbranched alkanes of at least 4 members (excludes halogenated alkanes) is 4. The largest absolute Gasteiger partial charge is 0.424 e. The Kier molecular flexibility index (Phi) is 12.3. The summed E-state index contributed by atoms with van der Waals surface area (Å²) in [6, 6.07) is 13.0. The lowest BCUT2D eigenvalue weighted by atomic mass is 10.0. The molecule has 0 saturated heterocycles. The van der Waals surface area contributed by atoms with Gasteiger partial charge in [0.05, 0.1) is 16.5 Å². The molecule has 0 unspecified atom stereocenters. The van der Waals surface area contributed by atoms with Crippen molar-refractivity contribution < 1.29 is 27.8 Å². The molecule has 1 heterocycles. The van der Waals surface area contributed by atoms with Gasteiger partial charge in [-0.2, -0.15) is 0 Å². The van der Waals surface area contributed by atoms with Gasteiger partial charge < -0.3 is 24.9 Å². The number of primary sulfonamides is 1. The average molecular weight is 574 g/mol. The zero-order chi connectivity index (χ0) is 29.0. The van der Waals surface area contributed by atoms with Crippen molar-refractivity contribution in [2.45, 2.75) is 62.9 Å². The number of nitrogens with two attached hydrogens (primary N) is 1. The number of fused-ring (bicyclic) bond motifs is 1. The van der Waals surface area contributed by atoms with Crippen LogP contribution in [0.25, 0.3) is 10.9 Å². The Morgan fingerprint density at radius 2 is 1.77 bits per heavy atom. The third kappa shape index (κ3) is 10.1. The highest BCUT2D eigenvalue weighted by Crippen LogP contribution is 2.29. The van der Waals surface area contributed by atoms with Crippen LogP contribution in [0.2, 0.25) is 0 Å². The molecule has 0 bridgehead atoms. The average Bonchev–Trinajstić information content (AvgIpc) is 2.91. The van der Waals surface area contributed by atoms with Gasteiger partial charge in [-0.1, -0.05) is 37.5 Å². The van der Waals surface area contributed by atoms with Crippen LogP contribution in [0.15, 0.2) is 58.2 Å². The number of benzene rings is 2. The zero-order valence-corrected chi connectivity index (χ0v) is 23.7. The first kappa shape index (κ1) is 31.4. The lowest BCUT2D eigenvalue weighted by Crippen LogP contribution is -2.23. The molecule has 10 nitrogen and oxygen atoms in total. The summed E-state index contributed by atoms with van der Waals surface area (Å²) < 4.78 is 33.8. The van der Waals surface area contributed by atoms with Crippen LogP contribution >= 0.6 is 0 Å². The molecule has 0 fully saturated rings. The minimum atomic E-state index is -3.68. The fourth-order valence-corrected chi connectivity index (χ4v) is 5.05. The zero-order valence-electron chi connectivity index (χ0n) is 22.9. The van der Waals surface area contributed by atoms with E-state index in [0.29, 0.717) is 36.2 Å². The van der Waals surface area contributed by atoms with E-state index in [1.54, 1.807) is 30.3 Å². The second-order valence-corrected chi connectivity index (χ2v) is 11.3. The number of carbonyl (C=O) groups is 1. The van der Waals surface area contributed by atoms with E-state index in [2.05, 4.69) is 10.3 Å². The lowest BCUT2D eigenvalue weighted by Gasteiger charge is -2.16. The molecular weight excluding hydrogens is 534 g/mol. The number of hydrogen-bond acceptors (Lipinski definition) is 8. The topological polar surface area (TPSA) is 161 Å². The number of hydrogen-bond donors (Lipinski definition) is 4. The van der Waals surface area contributed by atoms with E-state index in [1.807, 2.05) is 6.07 Å². The lowest BCUT2D eigenvalue weighted by molar-refractivity contribution is -0.131. The Balaban J connectivity index is 1.25. The second kappa shape index (κ2) is 15.6. The summed E-state index contributed by atoms with van der Waals surface area (Å²) in [5.74, 6) is -0.236. The fraction of sp³-hybridized carbons (Fsp3) is 0.448. The molecule has 5 N–H and O–H groups in total.